The number of hydrogen-bond donors (Lipinski definition) is 2. The summed E-state index contributed by atoms with van der Waals surface area (Å²) in [5.41, 5.74) is 0.427. The molecule has 0 radical (unpaired) electrons. The number of halogens is 1. The van der Waals surface area contributed by atoms with Gasteiger partial charge in [-0.2, -0.15) is 0 Å². The lowest BCUT2D eigenvalue weighted by atomic mass is 9.94. The number of nitrogens with zero attached hydrogens (tertiary/aromatic N) is 2. The zero-order chi connectivity index (χ0) is 20.9. The van der Waals surface area contributed by atoms with E-state index >= 15 is 0 Å². The van der Waals surface area contributed by atoms with E-state index in [1.807, 2.05) is 0 Å². The summed E-state index contributed by atoms with van der Waals surface area (Å²) >= 11 is 0. The van der Waals surface area contributed by atoms with E-state index in [9.17, 15) is 17.6 Å². The Bertz CT molecular complexity index is 930. The normalized spacial score (nSPS) is 19.4. The fraction of sp³-hybridized carbons (Fsp3) is 0.389. The molecule has 0 atom stereocenters. The van der Waals surface area contributed by atoms with Crippen LogP contribution < -0.4 is 14.8 Å². The number of anilines is 1. The molecule has 2 N–H and O–H groups in total. The molecule has 1 saturated carbocycles. The quantitative estimate of drug-likeness (QED) is 0.731. The van der Waals surface area contributed by atoms with Gasteiger partial charge in [-0.25, -0.2) is 32.3 Å². The molecule has 11 heteroatoms. The van der Waals surface area contributed by atoms with Crippen LogP contribution in [0.3, 0.4) is 0 Å². The fourth-order valence-electron chi connectivity index (χ4n) is 2.98. The van der Waals surface area contributed by atoms with E-state index in [0.29, 0.717) is 31.4 Å². The Balaban J connectivity index is 1.52. The topological polar surface area (TPSA) is 120 Å². The predicted molar refractivity (Wildman–Crippen MR) is 101 cm³/mol. The maximum atomic E-state index is 12.8. The summed E-state index contributed by atoms with van der Waals surface area (Å²) in [5.74, 6) is -0.537. The molecule has 2 aromatic rings. The van der Waals surface area contributed by atoms with E-state index in [1.165, 1.54) is 31.4 Å². The summed E-state index contributed by atoms with van der Waals surface area (Å²) in [6.07, 6.45) is 3.71. The van der Waals surface area contributed by atoms with Crippen LogP contribution in [0.1, 0.15) is 25.7 Å². The van der Waals surface area contributed by atoms with Gasteiger partial charge in [-0.05, 0) is 49.9 Å². The Morgan fingerprint density at radius 3 is 2.31 bits per heavy atom. The molecular formula is C18H21FN4O5S. The van der Waals surface area contributed by atoms with Crippen LogP contribution in [0, 0.1) is 5.82 Å². The number of rotatable bonds is 6. The highest BCUT2D eigenvalue weighted by Crippen LogP contribution is 2.24. The smallest absolute Gasteiger partial charge is 0.411 e. The molecule has 0 spiro atoms. The lowest BCUT2D eigenvalue weighted by molar-refractivity contribution is 0.132. The number of carbonyl (C=O) groups is 1. The minimum absolute atomic E-state index is 0.103. The highest BCUT2D eigenvalue weighted by atomic mass is 32.2. The minimum Gasteiger partial charge on any atom is -0.460 e. The number of aromatic nitrogens is 2. The average molecular weight is 424 g/mol. The molecule has 1 amide bonds. The van der Waals surface area contributed by atoms with Gasteiger partial charge in [-0.15, -0.1) is 0 Å². The summed E-state index contributed by atoms with van der Waals surface area (Å²) < 4.78 is 50.8. The van der Waals surface area contributed by atoms with Crippen molar-refractivity contribution >= 4 is 21.8 Å². The molecule has 156 valence electrons. The van der Waals surface area contributed by atoms with Crippen molar-refractivity contribution in [3.05, 3.63) is 42.5 Å². The van der Waals surface area contributed by atoms with Gasteiger partial charge < -0.3 is 9.47 Å². The van der Waals surface area contributed by atoms with Crippen LogP contribution in [-0.4, -0.2) is 43.7 Å². The number of nitrogens with one attached hydrogen (secondary N) is 2. The van der Waals surface area contributed by atoms with Crippen LogP contribution in [0.25, 0.3) is 0 Å². The Morgan fingerprint density at radius 1 is 1.10 bits per heavy atom. The van der Waals surface area contributed by atoms with Gasteiger partial charge in [0.2, 0.25) is 10.0 Å². The third-order valence-corrected chi connectivity index (χ3v) is 6.00. The molecule has 1 fully saturated rings. The van der Waals surface area contributed by atoms with E-state index in [4.69, 9.17) is 4.74 Å². The first kappa shape index (κ1) is 20.9. The molecule has 3 rings (SSSR count). The van der Waals surface area contributed by atoms with Gasteiger partial charge >= 0.3 is 12.1 Å². The second kappa shape index (κ2) is 9.14. The van der Waals surface area contributed by atoms with Crippen molar-refractivity contribution in [1.29, 1.82) is 0 Å². The summed E-state index contributed by atoms with van der Waals surface area (Å²) in [6, 6.07) is 5.68. The van der Waals surface area contributed by atoms with Gasteiger partial charge in [0.1, 0.15) is 6.10 Å². The van der Waals surface area contributed by atoms with E-state index in [0.717, 1.165) is 12.4 Å². The SMILES string of the molecule is COC(=O)Nc1ccc(S(=O)(=O)NC2CCC(Oc3ncc(F)cn3)CC2)cc1. The minimum atomic E-state index is -3.69. The van der Waals surface area contributed by atoms with Crippen molar-refractivity contribution in [1.82, 2.24) is 14.7 Å². The number of ether oxygens (including phenoxy) is 2. The first-order chi connectivity index (χ1) is 13.9. The molecule has 0 aliphatic heterocycles. The molecule has 1 heterocycles. The van der Waals surface area contributed by atoms with Gasteiger partial charge in [-0.3, -0.25) is 5.32 Å². The summed E-state index contributed by atoms with van der Waals surface area (Å²) in [6.45, 7) is 0. The van der Waals surface area contributed by atoms with Crippen LogP contribution in [0.4, 0.5) is 14.9 Å². The zero-order valence-corrected chi connectivity index (χ0v) is 16.5. The Morgan fingerprint density at radius 2 is 1.72 bits per heavy atom. The Labute approximate surface area is 167 Å². The average Bonchev–Trinajstić information content (AvgIpc) is 2.71. The third-order valence-electron chi connectivity index (χ3n) is 4.46. The van der Waals surface area contributed by atoms with Crippen molar-refractivity contribution in [2.24, 2.45) is 0 Å². The maximum Gasteiger partial charge on any atom is 0.411 e. The third kappa shape index (κ3) is 5.84. The fourth-order valence-corrected chi connectivity index (χ4v) is 4.29. The second-order valence-corrected chi connectivity index (χ2v) is 8.25. The Hall–Kier alpha value is -2.79. The number of sulfonamides is 1. The van der Waals surface area contributed by atoms with Crippen LogP contribution in [0.5, 0.6) is 6.01 Å². The number of carbonyl (C=O) groups excluding carboxylic acids is 1. The summed E-state index contributed by atoms with van der Waals surface area (Å²) in [4.78, 5) is 18.8. The molecule has 0 unspecified atom stereocenters. The van der Waals surface area contributed by atoms with Crippen LogP contribution in [-0.2, 0) is 14.8 Å². The summed E-state index contributed by atoms with van der Waals surface area (Å²) in [7, 11) is -2.45. The number of hydrogen-bond acceptors (Lipinski definition) is 7. The van der Waals surface area contributed by atoms with Crippen molar-refractivity contribution in [3.63, 3.8) is 0 Å². The van der Waals surface area contributed by atoms with Gasteiger partial charge in [0, 0.05) is 11.7 Å². The molecule has 1 aliphatic rings. The van der Waals surface area contributed by atoms with E-state index in [2.05, 4.69) is 24.7 Å². The number of amides is 1. The zero-order valence-electron chi connectivity index (χ0n) is 15.7. The van der Waals surface area contributed by atoms with E-state index in [-0.39, 0.29) is 23.1 Å². The van der Waals surface area contributed by atoms with Crippen LogP contribution in [0.2, 0.25) is 0 Å². The van der Waals surface area contributed by atoms with Gasteiger partial charge in [-0.1, -0.05) is 0 Å². The number of benzene rings is 1. The number of methoxy groups -OCH3 is 1. The lowest BCUT2D eigenvalue weighted by Crippen LogP contribution is -2.39. The maximum absolute atomic E-state index is 12.8. The Kier molecular flexibility index (Phi) is 6.60. The van der Waals surface area contributed by atoms with E-state index < -0.39 is 21.9 Å². The lowest BCUT2D eigenvalue weighted by Gasteiger charge is -2.28. The highest BCUT2D eigenvalue weighted by molar-refractivity contribution is 7.89. The first-order valence-corrected chi connectivity index (χ1v) is 10.5. The summed E-state index contributed by atoms with van der Waals surface area (Å²) in [5, 5.41) is 2.46. The largest absolute Gasteiger partial charge is 0.460 e. The molecule has 1 aromatic heterocycles. The predicted octanol–water partition coefficient (Wildman–Crippen LogP) is 2.46. The van der Waals surface area contributed by atoms with Gasteiger partial charge in [0.15, 0.2) is 5.82 Å². The molecule has 1 aromatic carbocycles. The van der Waals surface area contributed by atoms with Crippen molar-refractivity contribution in [2.45, 2.75) is 42.7 Å². The highest BCUT2D eigenvalue weighted by Gasteiger charge is 2.27. The monoisotopic (exact) mass is 424 g/mol. The standard InChI is InChI=1S/C18H21FN4O5S/c1-27-18(24)22-13-4-8-16(9-5-13)29(25,26)23-14-2-6-15(7-3-14)28-17-20-10-12(19)11-21-17/h4-5,8-11,14-15,23H,2-3,6-7H2,1H3,(H,22,24). The molecule has 1 aliphatic carbocycles. The van der Waals surface area contributed by atoms with Crippen molar-refractivity contribution < 1.29 is 27.1 Å². The molecule has 9 nitrogen and oxygen atoms in total. The molecular weight excluding hydrogens is 403 g/mol. The molecule has 29 heavy (non-hydrogen) atoms. The molecule has 0 bridgehead atoms. The van der Waals surface area contributed by atoms with Crippen molar-refractivity contribution in [3.8, 4) is 6.01 Å². The van der Waals surface area contributed by atoms with Gasteiger partial charge in [0.05, 0.1) is 24.4 Å². The second-order valence-electron chi connectivity index (χ2n) is 6.54. The van der Waals surface area contributed by atoms with Gasteiger partial charge in [0.25, 0.3) is 0 Å². The van der Waals surface area contributed by atoms with Crippen LogP contribution >= 0.6 is 0 Å². The van der Waals surface area contributed by atoms with Crippen LogP contribution in [0.15, 0.2) is 41.6 Å². The molecule has 0 saturated heterocycles. The van der Waals surface area contributed by atoms with Crippen molar-refractivity contribution in [2.75, 3.05) is 12.4 Å². The first-order valence-electron chi connectivity index (χ1n) is 8.97. The van der Waals surface area contributed by atoms with E-state index in [1.54, 1.807) is 0 Å².